The van der Waals surface area contributed by atoms with Crippen LogP contribution in [0.1, 0.15) is 37.4 Å². The largest absolute Gasteiger partial charge is 0.463 e. The van der Waals surface area contributed by atoms with Crippen molar-refractivity contribution in [1.82, 2.24) is 0 Å². The number of carbonyl (C=O) groups excluding carboxylic acids is 1. The van der Waals surface area contributed by atoms with Crippen molar-refractivity contribution in [1.29, 1.82) is 0 Å². The molecule has 0 spiro atoms. The summed E-state index contributed by atoms with van der Waals surface area (Å²) in [7, 11) is 0. The van der Waals surface area contributed by atoms with E-state index in [0.29, 0.717) is 18.9 Å². The summed E-state index contributed by atoms with van der Waals surface area (Å²) in [6.45, 7) is 4.16. The van der Waals surface area contributed by atoms with Gasteiger partial charge in [0.05, 0.1) is 12.6 Å². The lowest BCUT2D eigenvalue weighted by Gasteiger charge is -2.32. The van der Waals surface area contributed by atoms with E-state index in [1.165, 1.54) is 12.1 Å². The molecule has 3 atom stereocenters. The van der Waals surface area contributed by atoms with Gasteiger partial charge in [0, 0.05) is 17.4 Å². The van der Waals surface area contributed by atoms with Crippen molar-refractivity contribution in [3.63, 3.8) is 0 Å². The fraction of sp³-hybridized carbons (Fsp3) is 0.364. The number of cyclic esters (lactones) is 1. The van der Waals surface area contributed by atoms with E-state index in [1.807, 2.05) is 44.2 Å². The zero-order valence-electron chi connectivity index (χ0n) is 15.8. The van der Waals surface area contributed by atoms with Crippen LogP contribution in [-0.2, 0) is 19.0 Å². The van der Waals surface area contributed by atoms with Gasteiger partial charge in [0.2, 0.25) is 12.2 Å². The molecule has 0 saturated carbocycles. The highest BCUT2D eigenvalue weighted by Gasteiger charge is 2.47. The first-order valence-electron chi connectivity index (χ1n) is 9.30. The van der Waals surface area contributed by atoms with Crippen molar-refractivity contribution in [3.8, 4) is 0 Å². The van der Waals surface area contributed by atoms with Gasteiger partial charge >= 0.3 is 5.97 Å². The van der Waals surface area contributed by atoms with Gasteiger partial charge in [-0.25, -0.2) is 14.2 Å². The molecule has 1 fully saturated rings. The number of nitrogens with zero attached hydrogens (tertiary/aromatic N) is 1. The molecule has 0 amide bonds. The fourth-order valence-corrected chi connectivity index (χ4v) is 3.40. The minimum Gasteiger partial charge on any atom is -0.463 e. The van der Waals surface area contributed by atoms with Gasteiger partial charge in [0.1, 0.15) is 5.82 Å². The molecule has 0 bridgehead atoms. The molecule has 1 saturated heterocycles. The molecule has 5 nitrogen and oxygen atoms in total. The Kier molecular flexibility index (Phi) is 4.89. The molecule has 2 aliphatic heterocycles. The lowest BCUT2D eigenvalue weighted by molar-refractivity contribution is -0.175. The number of hydrogen-bond donors (Lipinski definition) is 0. The number of rotatable bonds is 4. The van der Waals surface area contributed by atoms with Gasteiger partial charge in [0.25, 0.3) is 0 Å². The van der Waals surface area contributed by atoms with E-state index in [4.69, 9.17) is 19.2 Å². The van der Waals surface area contributed by atoms with Crippen LogP contribution in [0.15, 0.2) is 59.6 Å². The second kappa shape index (κ2) is 7.36. The van der Waals surface area contributed by atoms with Crippen LogP contribution in [0.5, 0.6) is 0 Å². The Hall–Kier alpha value is -2.73. The van der Waals surface area contributed by atoms with Crippen LogP contribution in [-0.4, -0.2) is 30.9 Å². The number of ether oxygens (including phenoxy) is 3. The molecule has 28 heavy (non-hydrogen) atoms. The Morgan fingerprint density at radius 2 is 1.82 bits per heavy atom. The third-order valence-electron chi connectivity index (χ3n) is 5.01. The Morgan fingerprint density at radius 1 is 1.11 bits per heavy atom. The number of hydrogen-bond acceptors (Lipinski definition) is 5. The highest BCUT2D eigenvalue weighted by atomic mass is 19.1. The van der Waals surface area contributed by atoms with E-state index in [9.17, 15) is 9.18 Å². The number of esters is 1. The normalized spacial score (nSPS) is 26.3. The van der Waals surface area contributed by atoms with Crippen molar-refractivity contribution in [3.05, 3.63) is 71.5 Å². The maximum Gasteiger partial charge on any atom is 0.336 e. The minimum atomic E-state index is -0.707. The van der Waals surface area contributed by atoms with E-state index < -0.39 is 17.8 Å². The first-order valence-corrected chi connectivity index (χ1v) is 9.30. The lowest BCUT2D eigenvalue weighted by Crippen LogP contribution is -2.40. The van der Waals surface area contributed by atoms with Gasteiger partial charge in [0.15, 0.2) is 6.10 Å². The number of benzene rings is 2. The fourth-order valence-electron chi connectivity index (χ4n) is 3.40. The van der Waals surface area contributed by atoms with Crippen LogP contribution in [0.3, 0.4) is 0 Å². The summed E-state index contributed by atoms with van der Waals surface area (Å²) in [5.41, 5.74) is 1.24. The number of carbonyl (C=O) groups is 1. The van der Waals surface area contributed by atoms with Crippen molar-refractivity contribution in [2.24, 2.45) is 10.4 Å². The van der Waals surface area contributed by atoms with E-state index in [-0.39, 0.29) is 17.8 Å². The van der Waals surface area contributed by atoms with E-state index >= 15 is 0 Å². The molecule has 0 radical (unpaired) electrons. The van der Waals surface area contributed by atoms with Crippen molar-refractivity contribution in [2.45, 2.75) is 38.7 Å². The molecule has 0 N–H and O–H groups in total. The van der Waals surface area contributed by atoms with Crippen molar-refractivity contribution in [2.75, 3.05) is 6.61 Å². The third-order valence-corrected chi connectivity index (χ3v) is 5.01. The lowest BCUT2D eigenvalue weighted by atomic mass is 9.89. The van der Waals surface area contributed by atoms with Crippen LogP contribution >= 0.6 is 0 Å². The molecule has 2 aliphatic rings. The van der Waals surface area contributed by atoms with E-state index in [1.54, 1.807) is 12.1 Å². The Balaban J connectivity index is 1.63. The summed E-state index contributed by atoms with van der Waals surface area (Å²) in [5, 5.41) is 0. The quantitative estimate of drug-likeness (QED) is 0.748. The van der Waals surface area contributed by atoms with E-state index in [2.05, 4.69) is 0 Å². The Labute approximate surface area is 163 Å². The smallest absolute Gasteiger partial charge is 0.336 e. The van der Waals surface area contributed by atoms with Gasteiger partial charge in [-0.1, -0.05) is 44.2 Å². The SMILES string of the molecule is CC1(C)COC(=O)[C@@H]1O[C@H]1C[C@H](c2ccc(F)cc2)N=C(c2ccccc2)O1. The molecular weight excluding hydrogens is 361 g/mol. The molecule has 6 heteroatoms. The average molecular weight is 383 g/mol. The second-order valence-electron chi connectivity index (χ2n) is 7.76. The highest BCUT2D eigenvalue weighted by Crippen LogP contribution is 2.36. The highest BCUT2D eigenvalue weighted by molar-refractivity contribution is 5.94. The second-order valence-corrected chi connectivity index (χ2v) is 7.76. The third kappa shape index (κ3) is 3.78. The van der Waals surface area contributed by atoms with Crippen LogP contribution in [0.4, 0.5) is 4.39 Å². The predicted molar refractivity (Wildman–Crippen MR) is 101 cm³/mol. The predicted octanol–water partition coefficient (Wildman–Crippen LogP) is 4.03. The van der Waals surface area contributed by atoms with Crippen molar-refractivity contribution >= 4 is 11.9 Å². The van der Waals surface area contributed by atoms with Gasteiger partial charge in [-0.05, 0) is 29.8 Å². The number of aliphatic imine (C=N–C) groups is 1. The molecule has 146 valence electrons. The molecular formula is C22H22FNO4. The van der Waals surface area contributed by atoms with Gasteiger partial charge < -0.3 is 14.2 Å². The minimum absolute atomic E-state index is 0.268. The van der Waals surface area contributed by atoms with E-state index in [0.717, 1.165) is 11.1 Å². The molecule has 0 unspecified atom stereocenters. The Morgan fingerprint density at radius 3 is 2.46 bits per heavy atom. The maximum atomic E-state index is 13.3. The molecule has 2 aromatic rings. The van der Waals surface area contributed by atoms with Crippen LogP contribution < -0.4 is 0 Å². The first-order chi connectivity index (χ1) is 13.4. The topological polar surface area (TPSA) is 57.1 Å². The molecule has 2 heterocycles. The summed E-state index contributed by atoms with van der Waals surface area (Å²) in [6.07, 6.45) is -0.957. The van der Waals surface area contributed by atoms with Crippen LogP contribution in [0.2, 0.25) is 0 Å². The number of halogens is 1. The summed E-state index contributed by atoms with van der Waals surface area (Å²) >= 11 is 0. The molecule has 0 aliphatic carbocycles. The van der Waals surface area contributed by atoms with Gasteiger partial charge in [-0.3, -0.25) is 0 Å². The van der Waals surface area contributed by atoms with Crippen molar-refractivity contribution < 1.29 is 23.4 Å². The Bertz CT molecular complexity index is 879. The summed E-state index contributed by atoms with van der Waals surface area (Å²) in [5.74, 6) is -0.239. The zero-order chi connectivity index (χ0) is 19.7. The maximum absolute atomic E-state index is 13.3. The molecule has 4 rings (SSSR count). The average Bonchev–Trinajstić information content (AvgIpc) is 2.96. The monoisotopic (exact) mass is 383 g/mol. The summed E-state index contributed by atoms with van der Waals surface area (Å²) in [6, 6.07) is 15.5. The summed E-state index contributed by atoms with van der Waals surface area (Å²) < 4.78 is 30.6. The zero-order valence-corrected chi connectivity index (χ0v) is 15.8. The standard InChI is InChI=1S/C22H22FNO4/c1-22(2)13-26-21(25)19(22)27-18-12-17(14-8-10-16(23)11-9-14)24-20(28-18)15-6-4-3-5-7-15/h3-11,17-19H,12-13H2,1-2H3/t17-,18-,19+/m1/s1. The van der Waals surface area contributed by atoms with Crippen LogP contribution in [0, 0.1) is 11.2 Å². The molecule has 2 aromatic carbocycles. The van der Waals surface area contributed by atoms with Crippen LogP contribution in [0.25, 0.3) is 0 Å². The van der Waals surface area contributed by atoms with Gasteiger partial charge in [-0.15, -0.1) is 0 Å². The first kappa shape index (κ1) is 18.6. The molecule has 0 aromatic heterocycles. The summed E-state index contributed by atoms with van der Waals surface area (Å²) in [4.78, 5) is 16.8. The van der Waals surface area contributed by atoms with Gasteiger partial charge in [-0.2, -0.15) is 0 Å².